The van der Waals surface area contributed by atoms with Crippen LogP contribution in [0.25, 0.3) is 0 Å². The molecule has 0 saturated carbocycles. The molecule has 1 saturated heterocycles. The van der Waals surface area contributed by atoms with E-state index in [4.69, 9.17) is 9.47 Å². The van der Waals surface area contributed by atoms with Crippen molar-refractivity contribution in [2.24, 2.45) is 0 Å². The van der Waals surface area contributed by atoms with Crippen molar-refractivity contribution in [1.82, 2.24) is 5.32 Å². The molecule has 2 aromatic rings. The molecule has 1 aliphatic rings. The van der Waals surface area contributed by atoms with Gasteiger partial charge in [0.25, 0.3) is 0 Å². The Balaban J connectivity index is 0.00000261. The van der Waals surface area contributed by atoms with Gasteiger partial charge in [-0.3, -0.25) is 5.32 Å². The lowest BCUT2D eigenvalue weighted by Crippen LogP contribution is -3.00. The number of ether oxygens (including phenoxy) is 2. The van der Waals surface area contributed by atoms with E-state index in [1.807, 2.05) is 17.8 Å². The third kappa shape index (κ3) is 6.15. The van der Waals surface area contributed by atoms with Crippen LogP contribution in [0.1, 0.15) is 11.1 Å². The Morgan fingerprint density at radius 1 is 1.04 bits per heavy atom. The minimum Gasteiger partial charge on any atom is -1.00 e. The van der Waals surface area contributed by atoms with Gasteiger partial charge in [-0.1, -0.05) is 59.0 Å². The summed E-state index contributed by atoms with van der Waals surface area (Å²) in [7, 11) is 3.34. The van der Waals surface area contributed by atoms with Gasteiger partial charge in [0.15, 0.2) is 11.5 Å². The van der Waals surface area contributed by atoms with Crippen LogP contribution in [0.15, 0.2) is 48.5 Å². The summed E-state index contributed by atoms with van der Waals surface area (Å²) >= 11 is 4.41. The number of rotatable bonds is 7. The molecule has 0 radical (unpaired) electrons. The highest BCUT2D eigenvalue weighted by Gasteiger charge is 2.28. The van der Waals surface area contributed by atoms with Gasteiger partial charge in [-0.05, 0) is 35.0 Å². The maximum Gasteiger partial charge on any atom is 0.307 e. The molecule has 0 aromatic heterocycles. The summed E-state index contributed by atoms with van der Waals surface area (Å²) < 4.78 is 14.4. The number of methoxy groups -OCH3 is 2. The van der Waals surface area contributed by atoms with Crippen molar-refractivity contribution in [3.8, 4) is 11.5 Å². The zero-order valence-corrected chi connectivity index (χ0v) is 20.6. The van der Waals surface area contributed by atoms with Gasteiger partial charge in [0.1, 0.15) is 13.1 Å². The molecule has 1 atom stereocenters. The Kier molecular flexibility index (Phi) is 9.51. The third-order valence-corrected chi connectivity index (χ3v) is 7.21. The first-order valence-electron chi connectivity index (χ1n) is 8.56. The number of alkyl halides is 1. The van der Waals surface area contributed by atoms with E-state index in [2.05, 4.69) is 74.9 Å². The van der Waals surface area contributed by atoms with Gasteiger partial charge in [0, 0.05) is 4.43 Å². The SMILES string of the molecule is COc1ccc(C[N+](Cc2ccccc2)=C2NCC(CI)S2)cc1OC.[I-]. The zero-order valence-electron chi connectivity index (χ0n) is 15.5. The lowest BCUT2D eigenvalue weighted by Gasteiger charge is -2.13. The van der Waals surface area contributed by atoms with Crippen LogP contribution in [0.3, 0.4) is 0 Å². The number of amidine groups is 1. The van der Waals surface area contributed by atoms with Crippen LogP contribution < -0.4 is 38.8 Å². The molecule has 0 bridgehead atoms. The van der Waals surface area contributed by atoms with E-state index < -0.39 is 0 Å². The fourth-order valence-corrected chi connectivity index (χ4v) is 4.76. The molecular formula is C20H24I2N2O2S. The van der Waals surface area contributed by atoms with Gasteiger partial charge in [0.05, 0.1) is 26.0 Å². The molecule has 1 heterocycles. The maximum absolute atomic E-state index is 5.46. The minimum atomic E-state index is 0. The normalized spacial score (nSPS) is 17.7. The summed E-state index contributed by atoms with van der Waals surface area (Å²) in [5.41, 5.74) is 2.51. The summed E-state index contributed by atoms with van der Waals surface area (Å²) in [6.45, 7) is 2.72. The zero-order chi connectivity index (χ0) is 18.4. The predicted octanol–water partition coefficient (Wildman–Crippen LogP) is 0.916. The van der Waals surface area contributed by atoms with Crippen LogP contribution in [0, 0.1) is 0 Å². The summed E-state index contributed by atoms with van der Waals surface area (Å²) in [5, 5.41) is 5.48. The smallest absolute Gasteiger partial charge is 0.307 e. The Morgan fingerprint density at radius 2 is 1.74 bits per heavy atom. The monoisotopic (exact) mass is 610 g/mol. The van der Waals surface area contributed by atoms with Gasteiger partial charge in [-0.15, -0.1) is 0 Å². The topological polar surface area (TPSA) is 33.5 Å². The number of benzene rings is 2. The molecule has 1 N–H and O–H groups in total. The molecule has 7 heteroatoms. The number of halogens is 2. The number of nitrogens with zero attached hydrogens (tertiary/aromatic N) is 1. The second-order valence-corrected chi connectivity index (χ2v) is 8.28. The van der Waals surface area contributed by atoms with E-state index in [0.29, 0.717) is 5.25 Å². The van der Waals surface area contributed by atoms with Crippen molar-refractivity contribution in [2.45, 2.75) is 18.3 Å². The standard InChI is InChI=1S/C20H23IN2O2S.HI/c1-24-18-9-8-16(10-19(18)25-2)14-23(13-15-6-4-3-5-7-15)20-22-12-17(11-21)26-20;/h3-10,17H,11-14H2,1-2H3;1H. The van der Waals surface area contributed by atoms with Crippen molar-refractivity contribution in [3.63, 3.8) is 0 Å². The molecule has 27 heavy (non-hydrogen) atoms. The van der Waals surface area contributed by atoms with Crippen LogP contribution in [0.2, 0.25) is 0 Å². The van der Waals surface area contributed by atoms with E-state index in [0.717, 1.165) is 35.6 Å². The van der Waals surface area contributed by atoms with Crippen molar-refractivity contribution in [2.75, 3.05) is 25.2 Å². The number of nitrogens with one attached hydrogen (secondary N) is 1. The second kappa shape index (κ2) is 11.4. The van der Waals surface area contributed by atoms with Crippen LogP contribution in [-0.4, -0.2) is 40.2 Å². The van der Waals surface area contributed by atoms with E-state index in [1.165, 1.54) is 16.3 Å². The van der Waals surface area contributed by atoms with Gasteiger partial charge < -0.3 is 33.5 Å². The highest BCUT2D eigenvalue weighted by molar-refractivity contribution is 14.1. The number of hydrogen-bond acceptors (Lipinski definition) is 3. The Bertz CT molecular complexity index is 772. The molecule has 3 rings (SSSR count). The molecule has 4 nitrogen and oxygen atoms in total. The first-order valence-corrected chi connectivity index (χ1v) is 11.0. The molecule has 1 fully saturated rings. The van der Waals surface area contributed by atoms with Crippen molar-refractivity contribution < 1.29 is 38.0 Å². The van der Waals surface area contributed by atoms with E-state index in [9.17, 15) is 0 Å². The number of hydrogen-bond donors (Lipinski definition) is 1. The molecule has 0 aliphatic carbocycles. The largest absolute Gasteiger partial charge is 1.00 e. The molecular weight excluding hydrogens is 586 g/mol. The highest BCUT2D eigenvalue weighted by Crippen LogP contribution is 2.28. The molecule has 0 spiro atoms. The number of thioether (sulfide) groups is 1. The van der Waals surface area contributed by atoms with Crippen molar-refractivity contribution in [3.05, 3.63) is 59.7 Å². The van der Waals surface area contributed by atoms with Gasteiger partial charge in [-0.2, -0.15) is 0 Å². The molecule has 2 aromatic carbocycles. The summed E-state index contributed by atoms with van der Waals surface area (Å²) in [5.74, 6) is 1.53. The Hall–Kier alpha value is -0.680. The van der Waals surface area contributed by atoms with Crippen LogP contribution >= 0.6 is 34.4 Å². The van der Waals surface area contributed by atoms with Crippen molar-refractivity contribution >= 4 is 39.5 Å². The first kappa shape index (κ1) is 22.6. The van der Waals surface area contributed by atoms with Gasteiger partial charge >= 0.3 is 5.17 Å². The maximum atomic E-state index is 5.46. The van der Waals surface area contributed by atoms with Gasteiger partial charge in [0.2, 0.25) is 0 Å². The van der Waals surface area contributed by atoms with Gasteiger partial charge in [-0.25, -0.2) is 4.58 Å². The van der Waals surface area contributed by atoms with E-state index >= 15 is 0 Å². The Morgan fingerprint density at radius 3 is 2.37 bits per heavy atom. The average molecular weight is 610 g/mol. The second-order valence-electron chi connectivity index (χ2n) is 6.11. The summed E-state index contributed by atoms with van der Waals surface area (Å²) in [6, 6.07) is 16.7. The van der Waals surface area contributed by atoms with Crippen molar-refractivity contribution in [1.29, 1.82) is 0 Å². The third-order valence-electron chi connectivity index (χ3n) is 4.26. The fourth-order valence-electron chi connectivity index (χ4n) is 2.92. The molecule has 1 unspecified atom stereocenters. The summed E-state index contributed by atoms with van der Waals surface area (Å²) in [6.07, 6.45) is 0. The quantitative estimate of drug-likeness (QED) is 0.288. The van der Waals surface area contributed by atoms with E-state index in [-0.39, 0.29) is 24.0 Å². The van der Waals surface area contributed by atoms with Crippen LogP contribution in [0.5, 0.6) is 11.5 Å². The Labute approximate surface area is 196 Å². The minimum absolute atomic E-state index is 0. The van der Waals surface area contributed by atoms with E-state index in [1.54, 1.807) is 14.2 Å². The average Bonchev–Trinajstić information content (AvgIpc) is 3.17. The first-order chi connectivity index (χ1) is 12.7. The van der Waals surface area contributed by atoms with Crippen LogP contribution in [-0.2, 0) is 13.1 Å². The molecule has 146 valence electrons. The summed E-state index contributed by atoms with van der Waals surface area (Å²) in [4.78, 5) is 0. The highest BCUT2D eigenvalue weighted by atomic mass is 127. The lowest BCUT2D eigenvalue weighted by atomic mass is 10.1. The van der Waals surface area contributed by atoms with Crippen LogP contribution in [0.4, 0.5) is 0 Å². The predicted molar refractivity (Wildman–Crippen MR) is 117 cm³/mol. The molecule has 0 amide bonds. The fraction of sp³-hybridized carbons (Fsp3) is 0.350. The molecule has 1 aliphatic heterocycles. The lowest BCUT2D eigenvalue weighted by molar-refractivity contribution is -0.559.